The summed E-state index contributed by atoms with van der Waals surface area (Å²) in [5.41, 5.74) is 6.26. The fourth-order valence-corrected chi connectivity index (χ4v) is 31.3. The minimum Gasteiger partial charge on any atom is -0.487 e. The molecule has 0 bridgehead atoms. The van der Waals surface area contributed by atoms with Gasteiger partial charge < -0.3 is 4.74 Å². The highest BCUT2D eigenvalue weighted by molar-refractivity contribution is 7.35. The van der Waals surface area contributed by atoms with Crippen molar-refractivity contribution in [3.63, 3.8) is 0 Å². The number of hydrogen-bond acceptors (Lipinski definition) is 9. The van der Waals surface area contributed by atoms with Crippen molar-refractivity contribution in [1.29, 1.82) is 0 Å². The average molecular weight is 1400 g/mol. The Hall–Kier alpha value is -2.38. The molecular weight excluding hydrogens is 1290 g/mol. The second-order valence-electron chi connectivity index (χ2n) is 27.5. The molecule has 504 valence electrons. The number of thiophene rings is 8. The Morgan fingerprint density at radius 1 is 0.272 bits per heavy atom. The largest absolute Gasteiger partial charge is 0.487 e. The van der Waals surface area contributed by atoms with E-state index in [4.69, 9.17) is 4.74 Å². The Morgan fingerprint density at radius 2 is 0.554 bits per heavy atom. The molecule has 0 amide bonds. The van der Waals surface area contributed by atoms with Crippen LogP contribution in [0.2, 0.25) is 12.1 Å². The number of fused-ring (bicyclic) bond motifs is 3. The van der Waals surface area contributed by atoms with Gasteiger partial charge in [-0.05, 0) is 164 Å². The van der Waals surface area contributed by atoms with E-state index < -0.39 is 8.07 Å². The highest BCUT2D eigenvalue weighted by atomic mass is 32.1. The van der Waals surface area contributed by atoms with E-state index in [0.717, 1.165) is 11.5 Å². The van der Waals surface area contributed by atoms with Gasteiger partial charge in [-0.3, -0.25) is 0 Å². The number of aryl methyl sites for hydroxylation is 5. The highest BCUT2D eigenvalue weighted by Crippen LogP contribution is 2.53. The molecule has 0 N–H and O–H groups in total. The standard InChI is InChI=1S/C82H118OS8Si/c1-9-15-21-27-33-39-45-62-55-61(7)84-77(62)66-49-50-67(85-66)78-63(46-40-34-28-22-16-10-2)56-70(87-78)72-59-74-81(89-72)82-75(92(74,53-43-37-31-25-19-13-5)54-44-38-32-26-20-14-6)60-73(90-82)71-57-64(47-41-35-29-23-17-11-3)79(88-71)68-51-52-69(86-68)80-65(58-76(83-8)91-80)48-42-36-30-24-18-12-4/h49-52,55-60H,9-48,53-54H2,1-8H3. The zero-order valence-corrected chi connectivity index (χ0v) is 66.2. The van der Waals surface area contributed by atoms with Crippen LogP contribution in [-0.2, 0) is 25.7 Å². The fourth-order valence-electron chi connectivity index (χ4n) is 14.6. The lowest BCUT2D eigenvalue weighted by atomic mass is 10.0. The minimum atomic E-state index is -2.14. The quantitative estimate of drug-likeness (QED) is 0.0273. The monoisotopic (exact) mass is 1400 g/mol. The number of methoxy groups -OCH3 is 1. The molecule has 1 aliphatic rings. The molecule has 10 heteroatoms. The zero-order valence-electron chi connectivity index (χ0n) is 58.6. The van der Waals surface area contributed by atoms with Crippen LogP contribution >= 0.6 is 90.7 Å². The smallest absolute Gasteiger partial charge is 0.174 e. The topological polar surface area (TPSA) is 9.23 Å². The Morgan fingerprint density at radius 3 is 0.913 bits per heavy atom. The maximum absolute atomic E-state index is 5.94. The van der Waals surface area contributed by atoms with Crippen molar-refractivity contribution >= 4 is 109 Å². The maximum Gasteiger partial charge on any atom is 0.174 e. The van der Waals surface area contributed by atoms with Gasteiger partial charge in [-0.25, -0.2) is 0 Å². The summed E-state index contributed by atoms with van der Waals surface area (Å²) in [5, 5.41) is 4.70. The van der Waals surface area contributed by atoms with E-state index in [0.29, 0.717) is 0 Å². The first-order valence-electron chi connectivity index (χ1n) is 37.8. The summed E-state index contributed by atoms with van der Waals surface area (Å²) in [6.45, 7) is 16.4. The molecule has 8 aromatic rings. The van der Waals surface area contributed by atoms with Crippen LogP contribution in [0.4, 0.5) is 0 Å². The third-order valence-electron chi connectivity index (χ3n) is 19.9. The van der Waals surface area contributed by atoms with Gasteiger partial charge in [0.25, 0.3) is 0 Å². The van der Waals surface area contributed by atoms with Crippen molar-refractivity contribution in [2.24, 2.45) is 0 Å². The Bertz CT molecular complexity index is 3340. The number of unbranched alkanes of at least 4 members (excludes halogenated alkanes) is 30. The molecule has 0 radical (unpaired) electrons. The van der Waals surface area contributed by atoms with Crippen molar-refractivity contribution in [2.75, 3.05) is 7.11 Å². The summed E-state index contributed by atoms with van der Waals surface area (Å²) in [6.07, 6.45) is 53.3. The third kappa shape index (κ3) is 20.4. The van der Waals surface area contributed by atoms with Crippen LogP contribution in [0.3, 0.4) is 0 Å². The van der Waals surface area contributed by atoms with E-state index >= 15 is 0 Å². The van der Waals surface area contributed by atoms with Gasteiger partial charge in [0.05, 0.1) is 12.0 Å². The molecule has 0 saturated heterocycles. The maximum atomic E-state index is 5.94. The van der Waals surface area contributed by atoms with E-state index in [-0.39, 0.29) is 0 Å². The average Bonchev–Trinajstić information content (AvgIpc) is 1.54. The van der Waals surface area contributed by atoms with Gasteiger partial charge in [0, 0.05) is 68.3 Å². The first-order chi connectivity index (χ1) is 45.3. The fraction of sp³-hybridized carbons (Fsp3) is 0.610. The minimum absolute atomic E-state index is 1.05. The Labute approximate surface area is 594 Å². The van der Waals surface area contributed by atoms with E-state index in [2.05, 4.69) is 166 Å². The van der Waals surface area contributed by atoms with E-state index in [1.165, 1.54) is 317 Å². The summed E-state index contributed by atoms with van der Waals surface area (Å²) < 4.78 is 5.94. The van der Waals surface area contributed by atoms with E-state index in [1.807, 2.05) is 51.5 Å². The van der Waals surface area contributed by atoms with Gasteiger partial charge >= 0.3 is 0 Å². The van der Waals surface area contributed by atoms with Crippen LogP contribution in [0.1, 0.15) is 300 Å². The molecule has 0 saturated carbocycles. The molecule has 9 heterocycles. The zero-order chi connectivity index (χ0) is 64.3. The van der Waals surface area contributed by atoms with Crippen LogP contribution in [-0.4, -0.2) is 15.2 Å². The SMILES string of the molecule is CCCCCCCCc1cc(C)sc1-c1ccc(-c2sc(-c3cc4c(s3)-c3sc(-c5cc(CCCCCCCC)c(-c6ccc(-c7sc(OC)cc7CCCCCCCC)s6)s5)cc3[Si]4(CCCCCCCC)CCCCCCCC)cc2CCCCCCCC)s1. The molecule has 8 aromatic heterocycles. The summed E-state index contributed by atoms with van der Waals surface area (Å²) >= 11 is 16.7. The van der Waals surface area contributed by atoms with Crippen molar-refractivity contribution < 1.29 is 4.74 Å². The van der Waals surface area contributed by atoms with E-state index in [1.54, 1.807) is 41.1 Å². The molecule has 0 aromatic carbocycles. The second kappa shape index (κ2) is 39.9. The van der Waals surface area contributed by atoms with Gasteiger partial charge in [0.2, 0.25) is 0 Å². The van der Waals surface area contributed by atoms with Gasteiger partial charge in [-0.15, -0.1) is 79.4 Å². The third-order valence-corrected chi connectivity index (χ3v) is 35.9. The molecule has 0 spiro atoms. The number of hydrogen-bond donors (Lipinski definition) is 0. The summed E-state index contributed by atoms with van der Waals surface area (Å²) in [5.74, 6) is 0. The number of rotatable bonds is 49. The predicted molar refractivity (Wildman–Crippen MR) is 429 cm³/mol. The number of ether oxygens (including phenoxy) is 1. The molecule has 92 heavy (non-hydrogen) atoms. The summed E-state index contributed by atoms with van der Waals surface area (Å²) in [7, 11) is -0.287. The predicted octanol–water partition coefficient (Wildman–Crippen LogP) is 30.4. The lowest BCUT2D eigenvalue weighted by Crippen LogP contribution is -2.54. The first-order valence-corrected chi connectivity index (χ1v) is 46.7. The first kappa shape index (κ1) is 73.9. The molecular formula is C82H118OS8Si. The van der Waals surface area contributed by atoms with Gasteiger partial charge in [-0.2, -0.15) is 0 Å². The van der Waals surface area contributed by atoms with Crippen LogP contribution < -0.4 is 15.1 Å². The van der Waals surface area contributed by atoms with Crippen molar-refractivity contribution in [1.82, 2.24) is 0 Å². The van der Waals surface area contributed by atoms with Gasteiger partial charge in [-0.1, -0.05) is 258 Å². The lowest BCUT2D eigenvalue weighted by Gasteiger charge is -2.29. The van der Waals surface area contributed by atoms with Crippen LogP contribution in [0.25, 0.3) is 68.3 Å². The molecule has 1 aliphatic heterocycles. The van der Waals surface area contributed by atoms with E-state index in [9.17, 15) is 0 Å². The lowest BCUT2D eigenvalue weighted by molar-refractivity contribution is 0.427. The summed E-state index contributed by atoms with van der Waals surface area (Å²) in [4.78, 5) is 22.8. The highest BCUT2D eigenvalue weighted by Gasteiger charge is 2.48. The second-order valence-corrected chi connectivity index (χ2v) is 40.4. The Kier molecular flexibility index (Phi) is 32.0. The van der Waals surface area contributed by atoms with Crippen molar-refractivity contribution in [2.45, 2.75) is 317 Å². The molecule has 9 rings (SSSR count). The molecule has 0 unspecified atom stereocenters. The van der Waals surface area contributed by atoms with Crippen LogP contribution in [0.5, 0.6) is 5.06 Å². The molecule has 0 fully saturated rings. The van der Waals surface area contributed by atoms with Gasteiger partial charge in [0.1, 0.15) is 8.07 Å². The van der Waals surface area contributed by atoms with Crippen LogP contribution in [0.15, 0.2) is 60.7 Å². The van der Waals surface area contributed by atoms with Crippen LogP contribution in [0, 0.1) is 6.92 Å². The molecule has 1 nitrogen and oxygen atoms in total. The van der Waals surface area contributed by atoms with Gasteiger partial charge in [0.15, 0.2) is 5.06 Å². The summed E-state index contributed by atoms with van der Waals surface area (Å²) in [6, 6.07) is 28.7. The normalized spacial score (nSPS) is 12.7. The van der Waals surface area contributed by atoms with Crippen molar-refractivity contribution in [3.8, 4) is 73.3 Å². The molecule has 0 aliphatic carbocycles. The van der Waals surface area contributed by atoms with Crippen molar-refractivity contribution in [3.05, 3.63) is 87.8 Å². The Balaban J connectivity index is 1.09. The molecule has 0 atom stereocenters.